The Bertz CT molecular complexity index is 301. The van der Waals surface area contributed by atoms with Crippen molar-refractivity contribution in [2.75, 3.05) is 6.54 Å². The molecule has 0 aromatic carbocycles. The van der Waals surface area contributed by atoms with Crippen LogP contribution < -0.4 is 5.32 Å². The van der Waals surface area contributed by atoms with Crippen LogP contribution in [-0.2, 0) is 13.0 Å². The molecule has 5 heteroatoms. The van der Waals surface area contributed by atoms with Gasteiger partial charge in [0.1, 0.15) is 0 Å². The molecule has 0 bridgehead atoms. The van der Waals surface area contributed by atoms with Crippen molar-refractivity contribution in [3.63, 3.8) is 0 Å². The van der Waals surface area contributed by atoms with E-state index in [1.54, 1.807) is 4.80 Å². The lowest BCUT2D eigenvalue weighted by atomic mass is 10.1. The molecule has 1 atom stereocenters. The van der Waals surface area contributed by atoms with Crippen molar-refractivity contribution < 1.29 is 0 Å². The summed E-state index contributed by atoms with van der Waals surface area (Å²) in [5.74, 6) is 1.44. The van der Waals surface area contributed by atoms with Gasteiger partial charge in [-0.3, -0.25) is 0 Å². The largest absolute Gasteiger partial charge is 0.314 e. The van der Waals surface area contributed by atoms with Gasteiger partial charge in [-0.15, -0.1) is 10.2 Å². The SMILES string of the molecule is CC(C)Cn1nnc(CC2CCCN2)n1. The van der Waals surface area contributed by atoms with E-state index >= 15 is 0 Å². The lowest BCUT2D eigenvalue weighted by Gasteiger charge is -2.05. The van der Waals surface area contributed by atoms with Gasteiger partial charge < -0.3 is 5.32 Å². The zero-order valence-corrected chi connectivity index (χ0v) is 9.48. The van der Waals surface area contributed by atoms with Gasteiger partial charge in [0.05, 0.1) is 6.54 Å². The lowest BCUT2D eigenvalue weighted by Crippen LogP contribution is -2.24. The minimum Gasteiger partial charge on any atom is -0.314 e. The van der Waals surface area contributed by atoms with E-state index in [2.05, 4.69) is 34.6 Å². The molecule has 0 spiro atoms. The van der Waals surface area contributed by atoms with Crippen molar-refractivity contribution >= 4 is 0 Å². The Balaban J connectivity index is 1.88. The van der Waals surface area contributed by atoms with Crippen LogP contribution >= 0.6 is 0 Å². The molecule has 15 heavy (non-hydrogen) atoms. The molecular weight excluding hydrogens is 190 g/mol. The topological polar surface area (TPSA) is 55.6 Å². The van der Waals surface area contributed by atoms with Crippen molar-refractivity contribution in [1.29, 1.82) is 0 Å². The zero-order valence-electron chi connectivity index (χ0n) is 9.48. The van der Waals surface area contributed by atoms with Crippen molar-refractivity contribution in [3.8, 4) is 0 Å². The van der Waals surface area contributed by atoms with Crippen molar-refractivity contribution in [3.05, 3.63) is 5.82 Å². The Morgan fingerprint density at radius 3 is 3.07 bits per heavy atom. The van der Waals surface area contributed by atoms with E-state index in [0.29, 0.717) is 12.0 Å². The quantitative estimate of drug-likeness (QED) is 0.790. The van der Waals surface area contributed by atoms with E-state index in [1.165, 1.54) is 12.8 Å². The van der Waals surface area contributed by atoms with Crippen LogP contribution in [0.5, 0.6) is 0 Å². The van der Waals surface area contributed by atoms with Crippen molar-refractivity contribution in [2.24, 2.45) is 5.92 Å². The van der Waals surface area contributed by atoms with Crippen LogP contribution in [0.1, 0.15) is 32.5 Å². The standard InChI is InChI=1S/C10H19N5/c1-8(2)7-15-13-10(12-14-15)6-9-4-3-5-11-9/h8-9,11H,3-7H2,1-2H3. The first kappa shape index (κ1) is 10.5. The van der Waals surface area contributed by atoms with Gasteiger partial charge in [-0.05, 0) is 30.5 Å². The van der Waals surface area contributed by atoms with Gasteiger partial charge in [-0.25, -0.2) is 0 Å². The molecule has 0 radical (unpaired) electrons. The Morgan fingerprint density at radius 2 is 2.40 bits per heavy atom. The number of rotatable bonds is 4. The maximum Gasteiger partial charge on any atom is 0.176 e. The fraction of sp³-hybridized carbons (Fsp3) is 0.900. The highest BCUT2D eigenvalue weighted by Gasteiger charge is 2.17. The average Bonchev–Trinajstić information content (AvgIpc) is 2.77. The molecule has 2 heterocycles. The third-order valence-electron chi connectivity index (χ3n) is 2.61. The first-order valence-electron chi connectivity index (χ1n) is 5.74. The molecule has 1 N–H and O–H groups in total. The fourth-order valence-electron chi connectivity index (χ4n) is 1.91. The number of nitrogens with zero attached hydrogens (tertiary/aromatic N) is 4. The van der Waals surface area contributed by atoms with Crippen LogP contribution in [0, 0.1) is 5.92 Å². The smallest absolute Gasteiger partial charge is 0.176 e. The van der Waals surface area contributed by atoms with Crippen molar-refractivity contribution in [1.82, 2.24) is 25.5 Å². The number of aromatic nitrogens is 4. The van der Waals surface area contributed by atoms with E-state index in [4.69, 9.17) is 0 Å². The summed E-state index contributed by atoms with van der Waals surface area (Å²) in [6, 6.07) is 0.557. The van der Waals surface area contributed by atoms with Crippen LogP contribution in [0.2, 0.25) is 0 Å². The molecule has 2 rings (SSSR count). The normalized spacial score (nSPS) is 21.4. The molecule has 1 fully saturated rings. The van der Waals surface area contributed by atoms with Crippen molar-refractivity contribution in [2.45, 2.75) is 45.7 Å². The van der Waals surface area contributed by atoms with E-state index in [-0.39, 0.29) is 0 Å². The maximum absolute atomic E-state index is 4.37. The second-order valence-electron chi connectivity index (χ2n) is 4.65. The molecular formula is C10H19N5. The lowest BCUT2D eigenvalue weighted by molar-refractivity contribution is 0.427. The highest BCUT2D eigenvalue weighted by molar-refractivity contribution is 4.87. The highest BCUT2D eigenvalue weighted by atomic mass is 15.6. The molecule has 1 aromatic heterocycles. The van der Waals surface area contributed by atoms with Crippen LogP contribution in [0.15, 0.2) is 0 Å². The predicted octanol–water partition coefficient (Wildman–Crippen LogP) is 0.624. The van der Waals surface area contributed by atoms with Crippen LogP contribution in [0.4, 0.5) is 0 Å². The summed E-state index contributed by atoms with van der Waals surface area (Å²) >= 11 is 0. The van der Waals surface area contributed by atoms with Gasteiger partial charge in [0.15, 0.2) is 5.82 Å². The predicted molar refractivity (Wildman–Crippen MR) is 57.4 cm³/mol. The van der Waals surface area contributed by atoms with Gasteiger partial charge in [0, 0.05) is 12.5 Å². The Hall–Kier alpha value is -0.970. The molecule has 0 saturated carbocycles. The molecule has 1 aliphatic rings. The number of hydrogen-bond acceptors (Lipinski definition) is 4. The summed E-state index contributed by atoms with van der Waals surface area (Å²) in [7, 11) is 0. The van der Waals surface area contributed by atoms with Gasteiger partial charge in [-0.2, -0.15) is 4.80 Å². The second-order valence-corrected chi connectivity index (χ2v) is 4.65. The van der Waals surface area contributed by atoms with E-state index in [0.717, 1.165) is 25.3 Å². The molecule has 0 aliphatic carbocycles. The van der Waals surface area contributed by atoms with Gasteiger partial charge >= 0.3 is 0 Å². The fourth-order valence-corrected chi connectivity index (χ4v) is 1.91. The third kappa shape index (κ3) is 2.99. The van der Waals surface area contributed by atoms with Gasteiger partial charge in [0.2, 0.25) is 0 Å². The number of nitrogens with one attached hydrogen (secondary N) is 1. The molecule has 5 nitrogen and oxygen atoms in total. The van der Waals surface area contributed by atoms with Gasteiger partial charge in [-0.1, -0.05) is 13.8 Å². The first-order chi connectivity index (χ1) is 7.24. The van der Waals surface area contributed by atoms with E-state index in [9.17, 15) is 0 Å². The van der Waals surface area contributed by atoms with Crippen LogP contribution in [0.3, 0.4) is 0 Å². The first-order valence-corrected chi connectivity index (χ1v) is 5.74. The minimum atomic E-state index is 0.557. The van der Waals surface area contributed by atoms with Crippen LogP contribution in [0.25, 0.3) is 0 Å². The average molecular weight is 209 g/mol. The molecule has 1 aromatic rings. The molecule has 1 unspecified atom stereocenters. The summed E-state index contributed by atoms with van der Waals surface area (Å²) in [5, 5.41) is 15.9. The zero-order chi connectivity index (χ0) is 10.7. The number of hydrogen-bond donors (Lipinski definition) is 1. The molecule has 1 saturated heterocycles. The maximum atomic E-state index is 4.37. The minimum absolute atomic E-state index is 0.557. The van der Waals surface area contributed by atoms with E-state index in [1.807, 2.05) is 0 Å². The van der Waals surface area contributed by atoms with Crippen LogP contribution in [-0.4, -0.2) is 32.8 Å². The Labute approximate surface area is 90.2 Å². The van der Waals surface area contributed by atoms with E-state index < -0.39 is 0 Å². The molecule has 0 amide bonds. The summed E-state index contributed by atoms with van der Waals surface area (Å²) in [4.78, 5) is 1.70. The molecule has 84 valence electrons. The summed E-state index contributed by atoms with van der Waals surface area (Å²) in [6.45, 7) is 6.29. The number of tetrazole rings is 1. The Morgan fingerprint density at radius 1 is 1.53 bits per heavy atom. The second kappa shape index (κ2) is 4.70. The highest BCUT2D eigenvalue weighted by Crippen LogP contribution is 2.08. The summed E-state index contributed by atoms with van der Waals surface area (Å²) in [5.41, 5.74) is 0. The summed E-state index contributed by atoms with van der Waals surface area (Å²) in [6.07, 6.45) is 3.42. The monoisotopic (exact) mass is 209 g/mol. The van der Waals surface area contributed by atoms with Gasteiger partial charge in [0.25, 0.3) is 0 Å². The summed E-state index contributed by atoms with van der Waals surface area (Å²) < 4.78 is 0. The third-order valence-corrected chi connectivity index (χ3v) is 2.61. The Kier molecular flexibility index (Phi) is 3.30. The molecule has 1 aliphatic heterocycles.